The smallest absolute Gasteiger partial charge is 0.261 e. The lowest BCUT2D eigenvalue weighted by molar-refractivity contribution is 0.299. The molecule has 3 aromatic carbocycles. The molecule has 1 aromatic heterocycles. The highest BCUT2D eigenvalue weighted by atomic mass is 32.2. The summed E-state index contributed by atoms with van der Waals surface area (Å²) in [5.74, 6) is 0.259. The molecule has 7 nitrogen and oxygen atoms in total. The van der Waals surface area contributed by atoms with Crippen LogP contribution in [0.2, 0.25) is 0 Å². The predicted molar refractivity (Wildman–Crippen MR) is 137 cm³/mol. The predicted octanol–water partition coefficient (Wildman–Crippen LogP) is 4.75. The molecule has 0 saturated carbocycles. The minimum Gasteiger partial charge on any atom is -0.396 e. The molecule has 9 heteroatoms. The molecule has 0 radical (unpaired) electrons. The number of aliphatic hydroxyl groups is 1. The molecule has 0 amide bonds. The van der Waals surface area contributed by atoms with Crippen LogP contribution in [0.25, 0.3) is 11.3 Å². The lowest BCUT2D eigenvalue weighted by Gasteiger charge is -2.27. The first kappa shape index (κ1) is 25.4. The number of anilines is 2. The van der Waals surface area contributed by atoms with Crippen LogP contribution in [0.5, 0.6) is 0 Å². The van der Waals surface area contributed by atoms with Gasteiger partial charge in [-0.2, -0.15) is 8.42 Å². The lowest BCUT2D eigenvalue weighted by atomic mass is 9.78. The molecule has 0 bridgehead atoms. The third-order valence-electron chi connectivity index (χ3n) is 5.74. The summed E-state index contributed by atoms with van der Waals surface area (Å²) in [6.45, 7) is 0.110. The average molecular weight is 508 g/mol. The Hall–Kier alpha value is -3.66. The number of rotatable bonds is 5. The van der Waals surface area contributed by atoms with E-state index in [0.29, 0.717) is 30.6 Å². The van der Waals surface area contributed by atoms with Crippen molar-refractivity contribution >= 4 is 21.8 Å². The van der Waals surface area contributed by atoms with Gasteiger partial charge >= 0.3 is 0 Å². The molecule has 5 rings (SSSR count). The molecule has 1 atom stereocenters. The molecule has 1 aliphatic carbocycles. The Labute approximate surface area is 209 Å². The molecule has 36 heavy (non-hydrogen) atoms. The highest BCUT2D eigenvalue weighted by molar-refractivity contribution is 7.85. The van der Waals surface area contributed by atoms with Gasteiger partial charge in [0.05, 0.1) is 11.9 Å². The van der Waals surface area contributed by atoms with Gasteiger partial charge in [0.15, 0.2) is 0 Å². The van der Waals surface area contributed by atoms with Crippen molar-refractivity contribution in [3.05, 3.63) is 107 Å². The molecule has 3 N–H and O–H groups in total. The van der Waals surface area contributed by atoms with E-state index in [-0.39, 0.29) is 18.3 Å². The van der Waals surface area contributed by atoms with Crippen molar-refractivity contribution in [1.82, 2.24) is 9.97 Å². The normalized spacial score (nSPS) is 14.2. The summed E-state index contributed by atoms with van der Waals surface area (Å²) in [6.07, 6.45) is 3.81. The van der Waals surface area contributed by atoms with E-state index in [4.69, 9.17) is 9.54 Å². The van der Waals surface area contributed by atoms with E-state index in [1.54, 1.807) is 6.07 Å². The number of benzene rings is 3. The molecular formula is C27H26FN3O4S. The van der Waals surface area contributed by atoms with E-state index in [9.17, 15) is 17.9 Å². The molecule has 0 spiro atoms. The largest absolute Gasteiger partial charge is 0.396 e. The number of nitrogens with zero attached hydrogens (tertiary/aromatic N) is 2. The summed E-state index contributed by atoms with van der Waals surface area (Å²) >= 11 is 0. The van der Waals surface area contributed by atoms with Crippen LogP contribution >= 0.6 is 0 Å². The first-order valence-corrected chi connectivity index (χ1v) is 13.2. The van der Waals surface area contributed by atoms with Crippen molar-refractivity contribution in [3.8, 4) is 11.3 Å². The van der Waals surface area contributed by atoms with Crippen LogP contribution in [0.15, 0.2) is 79.0 Å². The molecule has 0 aliphatic heterocycles. The third kappa shape index (κ3) is 6.31. The van der Waals surface area contributed by atoms with Gasteiger partial charge in [-0.3, -0.25) is 4.55 Å². The number of nitrogens with one attached hydrogen (secondary N) is 1. The van der Waals surface area contributed by atoms with E-state index in [0.717, 1.165) is 33.6 Å². The van der Waals surface area contributed by atoms with Gasteiger partial charge in [0.1, 0.15) is 5.82 Å². The second kappa shape index (κ2) is 10.9. The maximum absolute atomic E-state index is 14.6. The molecular weight excluding hydrogens is 481 g/mol. The van der Waals surface area contributed by atoms with Gasteiger partial charge in [0.2, 0.25) is 5.95 Å². The Bertz CT molecular complexity index is 1470. The van der Waals surface area contributed by atoms with Crippen molar-refractivity contribution in [2.24, 2.45) is 0 Å². The van der Waals surface area contributed by atoms with Crippen molar-refractivity contribution in [1.29, 1.82) is 0 Å². The van der Waals surface area contributed by atoms with E-state index < -0.39 is 10.1 Å². The van der Waals surface area contributed by atoms with Gasteiger partial charge in [0, 0.05) is 30.0 Å². The van der Waals surface area contributed by atoms with Crippen LogP contribution < -0.4 is 5.32 Å². The summed E-state index contributed by atoms with van der Waals surface area (Å²) < 4.78 is 40.4. The van der Waals surface area contributed by atoms with Crippen LogP contribution in [0, 0.1) is 5.82 Å². The molecule has 0 fully saturated rings. The zero-order chi connectivity index (χ0) is 25.7. The number of hydrogen-bond acceptors (Lipinski definition) is 6. The van der Waals surface area contributed by atoms with Gasteiger partial charge < -0.3 is 10.4 Å². The van der Waals surface area contributed by atoms with Crippen LogP contribution in [0.4, 0.5) is 16.0 Å². The summed E-state index contributed by atoms with van der Waals surface area (Å²) in [4.78, 5) is 9.33. The Morgan fingerprint density at radius 1 is 1.03 bits per heavy atom. The first-order valence-electron chi connectivity index (χ1n) is 11.3. The number of aliphatic hydroxyl groups excluding tert-OH is 1. The Morgan fingerprint density at radius 2 is 1.72 bits per heavy atom. The van der Waals surface area contributed by atoms with Gasteiger partial charge in [-0.15, -0.1) is 0 Å². The fourth-order valence-electron chi connectivity index (χ4n) is 4.29. The highest BCUT2D eigenvalue weighted by Gasteiger charge is 2.28. The summed E-state index contributed by atoms with van der Waals surface area (Å²) in [7, 11) is -3.67. The minimum absolute atomic E-state index is 0.0672. The monoisotopic (exact) mass is 507 g/mol. The molecule has 0 unspecified atom stereocenters. The Morgan fingerprint density at radius 3 is 2.44 bits per heavy atom. The van der Waals surface area contributed by atoms with E-state index in [1.807, 2.05) is 60.8 Å². The summed E-state index contributed by atoms with van der Waals surface area (Å²) in [6, 6.07) is 22.9. The zero-order valence-electron chi connectivity index (χ0n) is 19.6. The zero-order valence-corrected chi connectivity index (χ0v) is 20.4. The van der Waals surface area contributed by atoms with Crippen LogP contribution in [-0.2, 0) is 23.0 Å². The number of halogens is 1. The van der Waals surface area contributed by atoms with E-state index in [2.05, 4.69) is 16.4 Å². The van der Waals surface area contributed by atoms with E-state index in [1.165, 1.54) is 6.07 Å². The first-order chi connectivity index (χ1) is 17.2. The Balaban J connectivity index is 0.000000556. The quantitative estimate of drug-likeness (QED) is 0.334. The second-order valence-corrected chi connectivity index (χ2v) is 9.93. The van der Waals surface area contributed by atoms with Gasteiger partial charge in [-0.25, -0.2) is 14.4 Å². The topological polar surface area (TPSA) is 112 Å². The maximum atomic E-state index is 14.6. The second-order valence-electron chi connectivity index (χ2n) is 8.46. The van der Waals surface area contributed by atoms with Crippen molar-refractivity contribution in [2.75, 3.05) is 18.2 Å². The van der Waals surface area contributed by atoms with Crippen molar-refractivity contribution < 1.29 is 22.5 Å². The fraction of sp³-hybridized carbons (Fsp3) is 0.185. The standard InChI is InChI=1S/C26H22FN3O.CH4O3S/c27-24-11-4-3-9-21(24)23-15-18-16-28-26(29-19-7-5-6-17(14-19)12-13-31)30-25(18)22-10-2-1-8-20(22)23;1-5(2,3)4/h1-11,14,16,23,31H,12-13,15H2,(H,28,29,30);1H3,(H,2,3,4)/t23-;/m1./s1. The van der Waals surface area contributed by atoms with Gasteiger partial charge in [-0.05, 0) is 53.3 Å². The Kier molecular flexibility index (Phi) is 7.73. The average Bonchev–Trinajstić information content (AvgIpc) is 2.84. The third-order valence-corrected chi connectivity index (χ3v) is 5.74. The van der Waals surface area contributed by atoms with Crippen LogP contribution in [0.1, 0.15) is 28.2 Å². The SMILES string of the molecule is CS(=O)(=O)O.OCCc1cccc(Nc2ncc3c(n2)-c2ccccc2[C@H](c2ccccc2F)C3)c1. The molecule has 1 aliphatic rings. The number of fused-ring (bicyclic) bond motifs is 3. The molecule has 1 heterocycles. The minimum atomic E-state index is -3.67. The fourth-order valence-corrected chi connectivity index (χ4v) is 4.29. The molecule has 0 saturated heterocycles. The van der Waals surface area contributed by atoms with Crippen molar-refractivity contribution in [3.63, 3.8) is 0 Å². The number of hydrogen-bond donors (Lipinski definition) is 3. The van der Waals surface area contributed by atoms with Crippen LogP contribution in [0.3, 0.4) is 0 Å². The van der Waals surface area contributed by atoms with Gasteiger partial charge in [0.25, 0.3) is 10.1 Å². The molecule has 186 valence electrons. The van der Waals surface area contributed by atoms with Crippen molar-refractivity contribution in [2.45, 2.75) is 18.8 Å². The van der Waals surface area contributed by atoms with Crippen LogP contribution in [-0.4, -0.2) is 40.9 Å². The summed E-state index contributed by atoms with van der Waals surface area (Å²) in [5.41, 5.74) is 6.59. The molecule has 4 aromatic rings. The van der Waals surface area contributed by atoms with Gasteiger partial charge in [-0.1, -0.05) is 54.6 Å². The summed E-state index contributed by atoms with van der Waals surface area (Å²) in [5, 5.41) is 12.4. The number of aromatic nitrogens is 2. The highest BCUT2D eigenvalue weighted by Crippen LogP contribution is 2.42. The van der Waals surface area contributed by atoms with E-state index >= 15 is 0 Å². The maximum Gasteiger partial charge on any atom is 0.261 e. The lowest BCUT2D eigenvalue weighted by Crippen LogP contribution is -2.16.